The van der Waals surface area contributed by atoms with E-state index >= 15 is 0 Å². The molecule has 6 nitrogen and oxygen atoms in total. The molecule has 0 radical (unpaired) electrons. The van der Waals surface area contributed by atoms with Crippen molar-refractivity contribution in [1.82, 2.24) is 14.0 Å². The number of aromatic hydroxyl groups is 1. The summed E-state index contributed by atoms with van der Waals surface area (Å²) in [5.74, 6) is 1.53. The number of likely N-dealkylation sites (tertiary alicyclic amines) is 1. The van der Waals surface area contributed by atoms with Gasteiger partial charge in [0.25, 0.3) is 0 Å². The maximum absolute atomic E-state index is 11.1. The smallest absolute Gasteiger partial charge is 0.206 e. The topological polar surface area (TPSA) is 51.8 Å². The quantitative estimate of drug-likeness (QED) is 0.427. The zero-order valence-electron chi connectivity index (χ0n) is 18.5. The van der Waals surface area contributed by atoms with Crippen molar-refractivity contribution < 1.29 is 14.6 Å². The van der Waals surface area contributed by atoms with Crippen LogP contribution in [0.15, 0.2) is 42.6 Å². The van der Waals surface area contributed by atoms with Crippen LogP contribution in [0.25, 0.3) is 27.5 Å². The molecule has 5 rings (SSSR count). The molecule has 0 unspecified atom stereocenters. The summed E-state index contributed by atoms with van der Waals surface area (Å²) in [6, 6.07) is 11.5. The van der Waals surface area contributed by atoms with Crippen molar-refractivity contribution in [2.45, 2.75) is 19.3 Å². The molecule has 1 saturated heterocycles. The number of nitrogens with zero attached hydrogens (tertiary/aromatic N) is 3. The van der Waals surface area contributed by atoms with E-state index in [0.29, 0.717) is 23.1 Å². The summed E-state index contributed by atoms with van der Waals surface area (Å²) in [6.45, 7) is 3.78. The van der Waals surface area contributed by atoms with Crippen molar-refractivity contribution in [3.05, 3.63) is 47.6 Å². The Bertz CT molecular complexity index is 1270. The molecule has 2 aromatic carbocycles. The van der Waals surface area contributed by atoms with Gasteiger partial charge >= 0.3 is 0 Å². The van der Waals surface area contributed by atoms with Crippen LogP contribution in [0.5, 0.6) is 17.4 Å². The summed E-state index contributed by atoms with van der Waals surface area (Å²) in [4.78, 5) is 2.45. The highest BCUT2D eigenvalue weighted by Crippen LogP contribution is 2.40. The van der Waals surface area contributed by atoms with Crippen LogP contribution in [-0.4, -0.2) is 52.5 Å². The van der Waals surface area contributed by atoms with E-state index in [1.54, 1.807) is 11.7 Å². The van der Waals surface area contributed by atoms with Gasteiger partial charge in [-0.1, -0.05) is 18.0 Å². The molecular formula is C25H28ClN3O3. The predicted octanol–water partition coefficient (Wildman–Crippen LogP) is 5.35. The summed E-state index contributed by atoms with van der Waals surface area (Å²) in [6.07, 6.45) is 5.79. The molecule has 4 aromatic rings. The van der Waals surface area contributed by atoms with Gasteiger partial charge in [-0.05, 0) is 56.3 Å². The van der Waals surface area contributed by atoms with Crippen LogP contribution in [-0.2, 0) is 7.05 Å². The Hall–Kier alpha value is -2.83. The number of benzene rings is 2. The Morgan fingerprint density at radius 2 is 1.81 bits per heavy atom. The van der Waals surface area contributed by atoms with E-state index in [-0.39, 0.29) is 5.88 Å². The van der Waals surface area contributed by atoms with Crippen molar-refractivity contribution in [2.75, 3.05) is 33.4 Å². The number of halogens is 1. The summed E-state index contributed by atoms with van der Waals surface area (Å²) in [5.41, 5.74) is 2.77. The molecule has 2 aromatic heterocycles. The highest BCUT2D eigenvalue weighted by atomic mass is 35.5. The van der Waals surface area contributed by atoms with Crippen LogP contribution >= 0.6 is 11.6 Å². The van der Waals surface area contributed by atoms with E-state index in [0.717, 1.165) is 47.1 Å². The van der Waals surface area contributed by atoms with Gasteiger partial charge in [0, 0.05) is 41.8 Å². The van der Waals surface area contributed by atoms with Gasteiger partial charge in [0.15, 0.2) is 11.5 Å². The molecule has 1 N–H and O–H groups in total. The SMILES string of the molecule is COc1ccc(-n2cc3c(c2O)c2cc(Cl)ccc2n3C)cc1OCCN1CCCCC1. The first-order valence-electron chi connectivity index (χ1n) is 11.1. The highest BCUT2D eigenvalue weighted by molar-refractivity contribution is 6.32. The first-order valence-corrected chi connectivity index (χ1v) is 11.5. The van der Waals surface area contributed by atoms with Crippen LogP contribution < -0.4 is 9.47 Å². The summed E-state index contributed by atoms with van der Waals surface area (Å²) in [5, 5.41) is 13.5. The molecule has 168 valence electrons. The van der Waals surface area contributed by atoms with Gasteiger partial charge in [0.05, 0.1) is 23.7 Å². The molecule has 0 aliphatic carbocycles. The van der Waals surface area contributed by atoms with Gasteiger partial charge in [-0.25, -0.2) is 0 Å². The fourth-order valence-corrected chi connectivity index (χ4v) is 4.89. The van der Waals surface area contributed by atoms with Crippen molar-refractivity contribution in [2.24, 2.45) is 7.05 Å². The van der Waals surface area contributed by atoms with Crippen LogP contribution in [0.3, 0.4) is 0 Å². The van der Waals surface area contributed by atoms with Gasteiger partial charge in [0.1, 0.15) is 6.61 Å². The Morgan fingerprint density at radius 3 is 2.59 bits per heavy atom. The Balaban J connectivity index is 1.47. The van der Waals surface area contributed by atoms with Gasteiger partial charge in [-0.2, -0.15) is 0 Å². The minimum atomic E-state index is 0.178. The van der Waals surface area contributed by atoms with Gasteiger partial charge < -0.3 is 19.1 Å². The molecule has 0 amide bonds. The molecule has 0 spiro atoms. The number of fused-ring (bicyclic) bond motifs is 3. The maximum Gasteiger partial charge on any atom is 0.206 e. The summed E-state index contributed by atoms with van der Waals surface area (Å²) < 4.78 is 15.5. The van der Waals surface area contributed by atoms with Gasteiger partial charge in [-0.15, -0.1) is 0 Å². The standard InChI is InChI=1S/C25H28ClN3O3/c1-27-20-8-6-17(26)14-19(20)24-21(27)16-29(25(24)30)18-7-9-22(31-2)23(15-18)32-13-12-28-10-4-3-5-11-28/h6-9,14-16,30H,3-5,10-13H2,1-2H3. The second kappa shape index (κ2) is 8.60. The van der Waals surface area contributed by atoms with E-state index < -0.39 is 0 Å². The fraction of sp³-hybridized carbons (Fsp3) is 0.360. The van der Waals surface area contributed by atoms with Gasteiger partial charge in [-0.3, -0.25) is 9.47 Å². The largest absolute Gasteiger partial charge is 0.494 e. The zero-order valence-corrected chi connectivity index (χ0v) is 19.2. The molecule has 0 atom stereocenters. The maximum atomic E-state index is 11.1. The minimum Gasteiger partial charge on any atom is -0.494 e. The number of aryl methyl sites for hydroxylation is 1. The second-order valence-electron chi connectivity index (χ2n) is 8.39. The lowest BCUT2D eigenvalue weighted by Crippen LogP contribution is -2.33. The molecule has 0 bridgehead atoms. The van der Waals surface area contributed by atoms with E-state index in [1.807, 2.05) is 49.6 Å². The second-order valence-corrected chi connectivity index (χ2v) is 8.83. The monoisotopic (exact) mass is 453 g/mol. The van der Waals surface area contributed by atoms with Crippen LogP contribution in [0.2, 0.25) is 5.02 Å². The lowest BCUT2D eigenvalue weighted by atomic mass is 10.1. The third-order valence-corrected chi connectivity index (χ3v) is 6.68. The van der Waals surface area contributed by atoms with E-state index in [1.165, 1.54) is 19.3 Å². The van der Waals surface area contributed by atoms with Crippen LogP contribution in [0.1, 0.15) is 19.3 Å². The molecule has 3 heterocycles. The number of rotatable bonds is 6. The predicted molar refractivity (Wildman–Crippen MR) is 129 cm³/mol. The normalized spacial score (nSPS) is 15.0. The van der Waals surface area contributed by atoms with Crippen LogP contribution in [0.4, 0.5) is 0 Å². The van der Waals surface area contributed by atoms with Crippen molar-refractivity contribution in [1.29, 1.82) is 0 Å². The number of aromatic nitrogens is 2. The molecular weight excluding hydrogens is 426 g/mol. The molecule has 7 heteroatoms. The third-order valence-electron chi connectivity index (χ3n) is 6.45. The average Bonchev–Trinajstić information content (AvgIpc) is 3.29. The van der Waals surface area contributed by atoms with E-state index in [2.05, 4.69) is 9.47 Å². The Morgan fingerprint density at radius 1 is 1.00 bits per heavy atom. The average molecular weight is 454 g/mol. The third kappa shape index (κ3) is 3.67. The molecule has 32 heavy (non-hydrogen) atoms. The fourth-order valence-electron chi connectivity index (χ4n) is 4.72. The van der Waals surface area contributed by atoms with E-state index in [9.17, 15) is 5.11 Å². The minimum absolute atomic E-state index is 0.178. The molecule has 1 aliphatic heterocycles. The van der Waals surface area contributed by atoms with Crippen LogP contribution in [0, 0.1) is 0 Å². The first kappa shape index (κ1) is 21.0. The number of methoxy groups -OCH3 is 1. The van der Waals surface area contributed by atoms with Crippen molar-refractivity contribution in [3.63, 3.8) is 0 Å². The lowest BCUT2D eigenvalue weighted by Gasteiger charge is -2.26. The van der Waals surface area contributed by atoms with Crippen molar-refractivity contribution in [3.8, 4) is 23.1 Å². The van der Waals surface area contributed by atoms with E-state index in [4.69, 9.17) is 21.1 Å². The lowest BCUT2D eigenvalue weighted by molar-refractivity contribution is 0.180. The number of hydrogen-bond donors (Lipinski definition) is 1. The molecule has 1 aliphatic rings. The Kier molecular flexibility index (Phi) is 5.66. The first-order chi connectivity index (χ1) is 15.6. The highest BCUT2D eigenvalue weighted by Gasteiger charge is 2.19. The summed E-state index contributed by atoms with van der Waals surface area (Å²) >= 11 is 6.23. The molecule has 0 saturated carbocycles. The number of piperidine rings is 1. The molecule has 1 fully saturated rings. The number of hydrogen-bond acceptors (Lipinski definition) is 4. The summed E-state index contributed by atoms with van der Waals surface area (Å²) in [7, 11) is 3.63. The zero-order chi connectivity index (χ0) is 22.2. The van der Waals surface area contributed by atoms with Crippen molar-refractivity contribution >= 4 is 33.4 Å². The van der Waals surface area contributed by atoms with Gasteiger partial charge in [0.2, 0.25) is 5.88 Å². The number of ether oxygens (including phenoxy) is 2. The Labute approximate surface area is 192 Å².